The molecule has 1 aliphatic carbocycles. The fraction of sp³-hybridized carbons (Fsp3) is 0.278. The number of hydrogen-bond acceptors (Lipinski definition) is 3. The van der Waals surface area contributed by atoms with Crippen LogP contribution in [0.1, 0.15) is 28.8 Å². The summed E-state index contributed by atoms with van der Waals surface area (Å²) in [5, 5.41) is 2.54. The lowest BCUT2D eigenvalue weighted by Gasteiger charge is -2.22. The zero-order chi connectivity index (χ0) is 18.0. The number of halogens is 1. The molecule has 0 saturated heterocycles. The number of rotatable bonds is 6. The van der Waals surface area contributed by atoms with Gasteiger partial charge in [0.2, 0.25) is 10.0 Å². The fourth-order valence-electron chi connectivity index (χ4n) is 2.62. The van der Waals surface area contributed by atoms with E-state index in [1.54, 1.807) is 31.3 Å². The predicted molar refractivity (Wildman–Crippen MR) is 92.0 cm³/mol. The Morgan fingerprint density at radius 3 is 2.44 bits per heavy atom. The number of carbonyl (C=O) groups is 1. The van der Waals surface area contributed by atoms with E-state index in [0.717, 1.165) is 24.5 Å². The average Bonchev–Trinajstić information content (AvgIpc) is 3.44. The van der Waals surface area contributed by atoms with Crippen molar-refractivity contribution in [3.05, 3.63) is 65.5 Å². The molecule has 2 aromatic rings. The summed E-state index contributed by atoms with van der Waals surface area (Å²) < 4.78 is 40.6. The van der Waals surface area contributed by atoms with Crippen molar-refractivity contribution in [3.8, 4) is 0 Å². The van der Waals surface area contributed by atoms with E-state index in [1.807, 2.05) is 0 Å². The Balaban J connectivity index is 1.86. The summed E-state index contributed by atoms with van der Waals surface area (Å²) in [6, 6.07) is 11.8. The van der Waals surface area contributed by atoms with Crippen LogP contribution in [0.4, 0.5) is 4.39 Å². The maximum atomic E-state index is 13.4. The highest BCUT2D eigenvalue weighted by Crippen LogP contribution is 2.33. The molecule has 0 unspecified atom stereocenters. The standard InChI is InChI=1S/C18H19FN2O3S/c1-20-18(22)14-7-5-13(6-8-14)12-21(16-9-10-16)25(23,24)17-4-2-3-15(19)11-17/h2-8,11,16H,9-10,12H2,1H3,(H,20,22). The van der Waals surface area contributed by atoms with Crippen LogP contribution in [0.25, 0.3) is 0 Å². The molecule has 25 heavy (non-hydrogen) atoms. The Kier molecular flexibility index (Phi) is 4.87. The number of sulfonamides is 1. The van der Waals surface area contributed by atoms with Gasteiger partial charge in [-0.3, -0.25) is 4.79 Å². The van der Waals surface area contributed by atoms with Gasteiger partial charge in [0.05, 0.1) is 4.90 Å². The minimum Gasteiger partial charge on any atom is -0.355 e. The van der Waals surface area contributed by atoms with Gasteiger partial charge < -0.3 is 5.32 Å². The smallest absolute Gasteiger partial charge is 0.251 e. The van der Waals surface area contributed by atoms with E-state index in [-0.39, 0.29) is 23.4 Å². The SMILES string of the molecule is CNC(=O)c1ccc(CN(C2CC2)S(=O)(=O)c2cccc(F)c2)cc1. The van der Waals surface area contributed by atoms with Crippen molar-refractivity contribution >= 4 is 15.9 Å². The first kappa shape index (κ1) is 17.6. The zero-order valence-corrected chi connectivity index (χ0v) is 14.6. The van der Waals surface area contributed by atoms with Crippen molar-refractivity contribution in [2.45, 2.75) is 30.3 Å². The van der Waals surface area contributed by atoms with Crippen LogP contribution in [0.2, 0.25) is 0 Å². The van der Waals surface area contributed by atoms with E-state index in [4.69, 9.17) is 0 Å². The molecule has 1 saturated carbocycles. The highest BCUT2D eigenvalue weighted by atomic mass is 32.2. The monoisotopic (exact) mass is 362 g/mol. The Labute approximate surface area is 146 Å². The van der Waals surface area contributed by atoms with Crippen LogP contribution in [-0.2, 0) is 16.6 Å². The molecule has 2 aromatic carbocycles. The minimum absolute atomic E-state index is 0.0404. The van der Waals surface area contributed by atoms with Gasteiger partial charge in [0, 0.05) is 25.2 Å². The normalized spacial score (nSPS) is 14.5. The lowest BCUT2D eigenvalue weighted by Crippen LogP contribution is -2.32. The number of carbonyl (C=O) groups excluding carboxylic acids is 1. The lowest BCUT2D eigenvalue weighted by molar-refractivity contribution is 0.0963. The topological polar surface area (TPSA) is 66.5 Å². The van der Waals surface area contributed by atoms with Gasteiger partial charge in [0.15, 0.2) is 0 Å². The molecule has 1 fully saturated rings. The van der Waals surface area contributed by atoms with Crippen molar-refractivity contribution in [1.29, 1.82) is 0 Å². The van der Waals surface area contributed by atoms with Crippen LogP contribution < -0.4 is 5.32 Å². The Morgan fingerprint density at radius 2 is 1.88 bits per heavy atom. The summed E-state index contributed by atoms with van der Waals surface area (Å²) in [6.07, 6.45) is 1.59. The molecule has 3 rings (SSSR count). The van der Waals surface area contributed by atoms with Crippen molar-refractivity contribution in [2.75, 3.05) is 7.05 Å². The summed E-state index contributed by atoms with van der Waals surface area (Å²) in [6.45, 7) is 0.192. The molecule has 0 radical (unpaired) electrons. The van der Waals surface area contributed by atoms with Crippen molar-refractivity contribution in [3.63, 3.8) is 0 Å². The molecule has 0 aliphatic heterocycles. The Morgan fingerprint density at radius 1 is 1.20 bits per heavy atom. The quantitative estimate of drug-likeness (QED) is 0.859. The Bertz CT molecular complexity index is 877. The first-order valence-electron chi connectivity index (χ1n) is 8.00. The number of hydrogen-bond donors (Lipinski definition) is 1. The maximum absolute atomic E-state index is 13.4. The second-order valence-corrected chi connectivity index (χ2v) is 7.91. The molecular weight excluding hydrogens is 343 g/mol. The third-order valence-corrected chi connectivity index (χ3v) is 6.03. The van der Waals surface area contributed by atoms with E-state index in [2.05, 4.69) is 5.32 Å². The molecule has 0 atom stereocenters. The van der Waals surface area contributed by atoms with Crippen LogP contribution in [0.3, 0.4) is 0 Å². The minimum atomic E-state index is -3.78. The van der Waals surface area contributed by atoms with Gasteiger partial charge in [0.25, 0.3) is 5.91 Å². The van der Waals surface area contributed by atoms with E-state index in [0.29, 0.717) is 5.56 Å². The van der Waals surface area contributed by atoms with Gasteiger partial charge in [-0.25, -0.2) is 12.8 Å². The summed E-state index contributed by atoms with van der Waals surface area (Å²) in [7, 11) is -2.22. The Hall–Kier alpha value is -2.25. The summed E-state index contributed by atoms with van der Waals surface area (Å²) in [4.78, 5) is 11.5. The molecule has 1 amide bonds. The maximum Gasteiger partial charge on any atom is 0.251 e. The zero-order valence-electron chi connectivity index (χ0n) is 13.8. The van der Waals surface area contributed by atoms with Gasteiger partial charge in [0.1, 0.15) is 5.82 Å². The number of amides is 1. The molecule has 5 nitrogen and oxygen atoms in total. The average molecular weight is 362 g/mol. The molecule has 1 N–H and O–H groups in total. The molecule has 0 bridgehead atoms. The van der Waals surface area contributed by atoms with E-state index < -0.39 is 15.8 Å². The van der Waals surface area contributed by atoms with Gasteiger partial charge >= 0.3 is 0 Å². The van der Waals surface area contributed by atoms with Crippen LogP contribution >= 0.6 is 0 Å². The predicted octanol–water partition coefficient (Wildman–Crippen LogP) is 2.54. The number of nitrogens with zero attached hydrogens (tertiary/aromatic N) is 1. The second-order valence-electron chi connectivity index (χ2n) is 6.01. The van der Waals surface area contributed by atoms with Gasteiger partial charge in [-0.1, -0.05) is 18.2 Å². The highest BCUT2D eigenvalue weighted by Gasteiger charge is 2.38. The van der Waals surface area contributed by atoms with E-state index in [1.165, 1.54) is 22.5 Å². The highest BCUT2D eigenvalue weighted by molar-refractivity contribution is 7.89. The molecule has 0 aromatic heterocycles. The van der Waals surface area contributed by atoms with Gasteiger partial charge in [-0.2, -0.15) is 4.31 Å². The van der Waals surface area contributed by atoms with Crippen LogP contribution in [0.5, 0.6) is 0 Å². The second kappa shape index (κ2) is 6.93. The molecule has 1 aliphatic rings. The number of benzene rings is 2. The third-order valence-electron chi connectivity index (χ3n) is 4.14. The molecule has 0 heterocycles. The van der Waals surface area contributed by atoms with E-state index in [9.17, 15) is 17.6 Å². The first-order valence-corrected chi connectivity index (χ1v) is 9.44. The summed E-state index contributed by atoms with van der Waals surface area (Å²) >= 11 is 0. The molecule has 132 valence electrons. The van der Waals surface area contributed by atoms with Crippen LogP contribution in [0.15, 0.2) is 53.4 Å². The van der Waals surface area contributed by atoms with Crippen LogP contribution in [-0.4, -0.2) is 31.7 Å². The van der Waals surface area contributed by atoms with E-state index >= 15 is 0 Å². The summed E-state index contributed by atoms with van der Waals surface area (Å²) in [5.74, 6) is -0.773. The van der Waals surface area contributed by atoms with Crippen LogP contribution in [0, 0.1) is 5.82 Å². The van der Waals surface area contributed by atoms with Crippen molar-refractivity contribution in [2.24, 2.45) is 0 Å². The molecule has 0 spiro atoms. The van der Waals surface area contributed by atoms with Crippen molar-refractivity contribution in [1.82, 2.24) is 9.62 Å². The fourth-order valence-corrected chi connectivity index (χ4v) is 4.33. The first-order chi connectivity index (χ1) is 11.9. The van der Waals surface area contributed by atoms with Gasteiger partial charge in [-0.05, 0) is 48.7 Å². The van der Waals surface area contributed by atoms with Crippen molar-refractivity contribution < 1.29 is 17.6 Å². The third kappa shape index (κ3) is 3.88. The summed E-state index contributed by atoms with van der Waals surface area (Å²) in [5.41, 5.74) is 1.29. The molecular formula is C18H19FN2O3S. The van der Waals surface area contributed by atoms with Gasteiger partial charge in [-0.15, -0.1) is 0 Å². The lowest BCUT2D eigenvalue weighted by atomic mass is 10.1. The molecule has 7 heteroatoms. The largest absolute Gasteiger partial charge is 0.355 e. The number of nitrogens with one attached hydrogen (secondary N) is 1.